The van der Waals surface area contributed by atoms with Gasteiger partial charge in [-0.05, 0) is 25.0 Å². The van der Waals surface area contributed by atoms with Crippen molar-refractivity contribution >= 4 is 29.5 Å². The number of carbonyl (C=O) groups is 3. The lowest BCUT2D eigenvalue weighted by atomic mass is 9.98. The third-order valence-corrected chi connectivity index (χ3v) is 4.96. The summed E-state index contributed by atoms with van der Waals surface area (Å²) in [5, 5.41) is 9.09. The van der Waals surface area contributed by atoms with Crippen LogP contribution in [0.15, 0.2) is 29.2 Å². The Morgan fingerprint density at radius 1 is 1.35 bits per heavy atom. The Bertz CT molecular complexity index is 686. The number of alkyl halides is 2. The first-order chi connectivity index (χ1) is 12.3. The number of likely N-dealkylation sites (tertiary alicyclic amines) is 1. The van der Waals surface area contributed by atoms with Gasteiger partial charge < -0.3 is 14.9 Å². The maximum absolute atomic E-state index is 12.6. The zero-order chi connectivity index (χ0) is 19.3. The molecule has 1 aliphatic heterocycles. The minimum atomic E-state index is -2.66. The quantitative estimate of drug-likeness (QED) is 0.760. The highest BCUT2D eigenvalue weighted by Gasteiger charge is 2.29. The van der Waals surface area contributed by atoms with E-state index in [-0.39, 0.29) is 41.2 Å². The fourth-order valence-corrected chi connectivity index (χ4v) is 3.46. The van der Waals surface area contributed by atoms with E-state index in [1.165, 1.54) is 24.1 Å². The number of carboxylic acids is 1. The van der Waals surface area contributed by atoms with Crippen LogP contribution in [0.5, 0.6) is 0 Å². The van der Waals surface area contributed by atoms with Crippen LogP contribution in [0.1, 0.15) is 23.2 Å². The number of thioether (sulfide) groups is 1. The van der Waals surface area contributed by atoms with Crippen LogP contribution in [-0.4, -0.2) is 65.1 Å². The van der Waals surface area contributed by atoms with Gasteiger partial charge in [-0.15, -0.1) is 0 Å². The van der Waals surface area contributed by atoms with Gasteiger partial charge in [0.15, 0.2) is 0 Å². The minimum Gasteiger partial charge on any atom is -0.481 e. The minimum absolute atomic E-state index is 0.107. The Balaban J connectivity index is 2.03. The molecule has 0 spiro atoms. The lowest BCUT2D eigenvalue weighted by molar-refractivity contribution is -0.145. The Labute approximate surface area is 154 Å². The predicted octanol–water partition coefficient (Wildman–Crippen LogP) is 2.40. The van der Waals surface area contributed by atoms with E-state index in [1.807, 2.05) is 0 Å². The lowest BCUT2D eigenvalue weighted by Crippen LogP contribution is -2.47. The van der Waals surface area contributed by atoms with Gasteiger partial charge in [-0.1, -0.05) is 23.9 Å². The van der Waals surface area contributed by atoms with Gasteiger partial charge in [0.25, 0.3) is 11.7 Å². The molecule has 0 radical (unpaired) electrons. The molecule has 1 aromatic carbocycles. The van der Waals surface area contributed by atoms with Crippen molar-refractivity contribution in [1.82, 2.24) is 9.80 Å². The molecule has 26 heavy (non-hydrogen) atoms. The molecule has 1 N–H and O–H groups in total. The van der Waals surface area contributed by atoms with Crippen molar-refractivity contribution in [3.8, 4) is 0 Å². The highest BCUT2D eigenvalue weighted by molar-refractivity contribution is 7.99. The van der Waals surface area contributed by atoms with Crippen molar-refractivity contribution in [2.45, 2.75) is 23.5 Å². The molecule has 142 valence electrons. The van der Waals surface area contributed by atoms with Crippen molar-refractivity contribution < 1.29 is 28.3 Å². The van der Waals surface area contributed by atoms with Gasteiger partial charge in [-0.3, -0.25) is 14.4 Å². The molecule has 0 bridgehead atoms. The molecule has 1 saturated heterocycles. The predicted molar refractivity (Wildman–Crippen MR) is 92.2 cm³/mol. The van der Waals surface area contributed by atoms with Crippen LogP contribution in [0, 0.1) is 5.92 Å². The lowest BCUT2D eigenvalue weighted by Gasteiger charge is -2.32. The number of hydrogen-bond acceptors (Lipinski definition) is 4. The number of carbonyl (C=O) groups excluding carboxylic acids is 2. The molecule has 1 heterocycles. The van der Waals surface area contributed by atoms with Gasteiger partial charge in [-0.25, -0.2) is 0 Å². The summed E-state index contributed by atoms with van der Waals surface area (Å²) in [7, 11) is 1.42. The summed E-state index contributed by atoms with van der Waals surface area (Å²) >= 11 is 0.280. The summed E-state index contributed by atoms with van der Waals surface area (Å²) in [6.07, 6.45) is 1.11. The topological polar surface area (TPSA) is 77.9 Å². The number of carboxylic acid groups (broad SMARTS) is 1. The zero-order valence-electron chi connectivity index (χ0n) is 14.2. The standard InChI is InChI=1S/C17H20F2N2O4S/c1-20(10-14(22)21-8-4-5-11(9-21)16(24)25)15(23)12-6-2-3-7-13(12)26-17(18)19/h2-3,6-7,11,17H,4-5,8-10H2,1H3,(H,24,25)/t11-/m1/s1. The number of amides is 2. The highest BCUT2D eigenvalue weighted by Crippen LogP contribution is 2.29. The monoisotopic (exact) mass is 386 g/mol. The van der Waals surface area contributed by atoms with E-state index >= 15 is 0 Å². The van der Waals surface area contributed by atoms with E-state index in [4.69, 9.17) is 5.11 Å². The average Bonchev–Trinajstić information content (AvgIpc) is 2.61. The van der Waals surface area contributed by atoms with Crippen LogP contribution in [0.3, 0.4) is 0 Å². The molecule has 0 aliphatic carbocycles. The number of likely N-dealkylation sites (N-methyl/N-ethyl adjacent to an activating group) is 1. The van der Waals surface area contributed by atoms with Crippen LogP contribution in [0.4, 0.5) is 8.78 Å². The summed E-state index contributed by atoms with van der Waals surface area (Å²) in [6, 6.07) is 6.00. The number of rotatable bonds is 6. The molecular weight excluding hydrogens is 366 g/mol. The number of hydrogen-bond donors (Lipinski definition) is 1. The number of nitrogens with zero attached hydrogens (tertiary/aromatic N) is 2. The van der Waals surface area contributed by atoms with Gasteiger partial charge in [0.1, 0.15) is 0 Å². The van der Waals surface area contributed by atoms with Gasteiger partial charge in [-0.2, -0.15) is 8.78 Å². The fourth-order valence-electron chi connectivity index (χ4n) is 2.83. The molecule has 1 atom stereocenters. The number of aliphatic carboxylic acids is 1. The molecule has 1 aromatic rings. The van der Waals surface area contributed by atoms with Crippen molar-refractivity contribution in [2.75, 3.05) is 26.7 Å². The van der Waals surface area contributed by atoms with E-state index in [2.05, 4.69) is 0 Å². The first kappa shape index (κ1) is 20.2. The SMILES string of the molecule is CN(CC(=O)N1CCC[C@@H](C(=O)O)C1)C(=O)c1ccccc1SC(F)F. The van der Waals surface area contributed by atoms with Gasteiger partial charge in [0, 0.05) is 25.0 Å². The smallest absolute Gasteiger partial charge is 0.308 e. The normalized spacial score (nSPS) is 17.2. The molecule has 2 rings (SSSR count). The molecule has 6 nitrogen and oxygen atoms in total. The van der Waals surface area contributed by atoms with Crippen LogP contribution >= 0.6 is 11.8 Å². The van der Waals surface area contributed by atoms with Crippen molar-refractivity contribution in [2.24, 2.45) is 5.92 Å². The second-order valence-corrected chi connectivity index (χ2v) is 7.08. The Morgan fingerprint density at radius 3 is 2.69 bits per heavy atom. The molecule has 0 saturated carbocycles. The zero-order valence-corrected chi connectivity index (χ0v) is 15.0. The van der Waals surface area contributed by atoms with E-state index in [0.29, 0.717) is 19.4 Å². The second kappa shape index (κ2) is 8.98. The molecule has 2 amide bonds. The van der Waals surface area contributed by atoms with Crippen LogP contribution < -0.4 is 0 Å². The van der Waals surface area contributed by atoms with Gasteiger partial charge in [0.2, 0.25) is 5.91 Å². The molecule has 0 unspecified atom stereocenters. The van der Waals surface area contributed by atoms with Crippen LogP contribution in [0.25, 0.3) is 0 Å². The van der Waals surface area contributed by atoms with E-state index < -0.39 is 23.6 Å². The molecule has 9 heteroatoms. The summed E-state index contributed by atoms with van der Waals surface area (Å²) in [5.74, 6) is -5.08. The van der Waals surface area contributed by atoms with E-state index in [1.54, 1.807) is 12.1 Å². The molecule has 1 fully saturated rings. The maximum Gasteiger partial charge on any atom is 0.308 e. The van der Waals surface area contributed by atoms with Gasteiger partial charge >= 0.3 is 5.97 Å². The maximum atomic E-state index is 12.6. The average molecular weight is 386 g/mol. The van der Waals surface area contributed by atoms with Crippen LogP contribution in [0.2, 0.25) is 0 Å². The number of benzene rings is 1. The molecule has 1 aliphatic rings. The Kier molecular flexibility index (Phi) is 6.96. The van der Waals surface area contributed by atoms with Crippen molar-refractivity contribution in [1.29, 1.82) is 0 Å². The third kappa shape index (κ3) is 5.17. The van der Waals surface area contributed by atoms with E-state index in [0.717, 1.165) is 4.90 Å². The molecular formula is C17H20F2N2O4S. The largest absolute Gasteiger partial charge is 0.481 e. The third-order valence-electron chi connectivity index (χ3n) is 4.18. The van der Waals surface area contributed by atoms with E-state index in [9.17, 15) is 23.2 Å². The first-order valence-corrected chi connectivity index (χ1v) is 8.97. The summed E-state index contributed by atoms with van der Waals surface area (Å²) < 4.78 is 25.3. The number of piperidine rings is 1. The Morgan fingerprint density at radius 2 is 2.04 bits per heavy atom. The highest BCUT2D eigenvalue weighted by atomic mass is 32.2. The first-order valence-electron chi connectivity index (χ1n) is 8.09. The van der Waals surface area contributed by atoms with Crippen LogP contribution in [-0.2, 0) is 9.59 Å². The Hall–Kier alpha value is -2.16. The van der Waals surface area contributed by atoms with Crippen molar-refractivity contribution in [3.05, 3.63) is 29.8 Å². The summed E-state index contributed by atoms with van der Waals surface area (Å²) in [4.78, 5) is 38.8. The fraction of sp³-hybridized carbons (Fsp3) is 0.471. The summed E-state index contributed by atoms with van der Waals surface area (Å²) in [6.45, 7) is 0.329. The van der Waals surface area contributed by atoms with Gasteiger partial charge in [0.05, 0.1) is 18.0 Å². The second-order valence-electron chi connectivity index (χ2n) is 6.05. The van der Waals surface area contributed by atoms with Crippen molar-refractivity contribution in [3.63, 3.8) is 0 Å². The summed E-state index contributed by atoms with van der Waals surface area (Å²) in [5.41, 5.74) is 0.107. The molecule has 0 aromatic heterocycles. The number of halogens is 2.